The number of amides is 1. The second-order valence-corrected chi connectivity index (χ2v) is 8.33. The number of carbonyl (C=O) groups is 1. The molecule has 2 N–H and O–H groups in total. The molecule has 4 nitrogen and oxygen atoms in total. The molecular formula is C18H34N2O2. The van der Waals surface area contributed by atoms with Gasteiger partial charge in [0.15, 0.2) is 0 Å². The summed E-state index contributed by atoms with van der Waals surface area (Å²) in [5.74, 6) is 1.49. The highest BCUT2D eigenvalue weighted by molar-refractivity contribution is 5.81. The largest absolute Gasteiger partial charge is 0.396 e. The zero-order valence-corrected chi connectivity index (χ0v) is 14.6. The molecule has 1 amide bonds. The molecule has 22 heavy (non-hydrogen) atoms. The van der Waals surface area contributed by atoms with Crippen molar-refractivity contribution in [2.24, 2.45) is 17.3 Å². The Hall–Kier alpha value is -0.610. The Morgan fingerprint density at radius 1 is 1.18 bits per heavy atom. The van der Waals surface area contributed by atoms with E-state index in [1.807, 2.05) is 25.7 Å². The first-order chi connectivity index (χ1) is 10.4. The summed E-state index contributed by atoms with van der Waals surface area (Å²) < 4.78 is 0. The van der Waals surface area contributed by atoms with E-state index in [0.29, 0.717) is 12.0 Å². The number of nitrogens with zero attached hydrogens (tertiary/aromatic N) is 1. The minimum atomic E-state index is -0.322. The smallest absolute Gasteiger partial charge is 0.228 e. The predicted molar refractivity (Wildman–Crippen MR) is 89.6 cm³/mol. The quantitative estimate of drug-likeness (QED) is 0.820. The van der Waals surface area contributed by atoms with Crippen LogP contribution in [0, 0.1) is 17.3 Å². The highest BCUT2D eigenvalue weighted by Crippen LogP contribution is 2.27. The Balaban J connectivity index is 1.92. The van der Waals surface area contributed by atoms with E-state index in [4.69, 9.17) is 0 Å². The van der Waals surface area contributed by atoms with Gasteiger partial charge in [0, 0.05) is 31.2 Å². The Kier molecular flexibility index (Phi) is 6.27. The summed E-state index contributed by atoms with van der Waals surface area (Å²) in [7, 11) is 0. The number of likely N-dealkylation sites (tertiary alicyclic amines) is 1. The predicted octanol–water partition coefficient (Wildman–Crippen LogP) is 2.41. The van der Waals surface area contributed by atoms with Crippen LogP contribution in [0.3, 0.4) is 0 Å². The summed E-state index contributed by atoms with van der Waals surface area (Å²) >= 11 is 0. The molecule has 0 aromatic heterocycles. The van der Waals surface area contributed by atoms with Crippen molar-refractivity contribution in [3.63, 3.8) is 0 Å². The molecule has 2 unspecified atom stereocenters. The van der Waals surface area contributed by atoms with Gasteiger partial charge in [-0.3, -0.25) is 4.79 Å². The van der Waals surface area contributed by atoms with E-state index in [-0.39, 0.29) is 17.9 Å². The summed E-state index contributed by atoms with van der Waals surface area (Å²) in [6, 6.07) is 0.386. The van der Waals surface area contributed by atoms with Crippen molar-refractivity contribution in [2.45, 2.75) is 65.3 Å². The summed E-state index contributed by atoms with van der Waals surface area (Å²) in [6.45, 7) is 8.92. The molecular weight excluding hydrogens is 276 g/mol. The number of aliphatic hydroxyl groups is 1. The maximum absolute atomic E-state index is 12.6. The molecule has 1 saturated carbocycles. The molecule has 128 valence electrons. The zero-order chi connectivity index (χ0) is 16.2. The van der Waals surface area contributed by atoms with Crippen LogP contribution in [-0.4, -0.2) is 48.2 Å². The van der Waals surface area contributed by atoms with E-state index in [1.54, 1.807) is 0 Å². The third-order valence-electron chi connectivity index (χ3n) is 5.17. The van der Waals surface area contributed by atoms with Crippen molar-refractivity contribution >= 4 is 5.91 Å². The Morgan fingerprint density at radius 3 is 2.45 bits per heavy atom. The molecule has 1 heterocycles. The van der Waals surface area contributed by atoms with Crippen LogP contribution in [0.15, 0.2) is 0 Å². The van der Waals surface area contributed by atoms with Crippen LogP contribution < -0.4 is 5.32 Å². The van der Waals surface area contributed by atoms with Gasteiger partial charge in [0.25, 0.3) is 0 Å². The normalized spacial score (nSPS) is 27.4. The summed E-state index contributed by atoms with van der Waals surface area (Å²) in [6.07, 6.45) is 7.34. The third kappa shape index (κ3) is 4.95. The lowest BCUT2D eigenvalue weighted by atomic mass is 9.88. The number of piperidine rings is 1. The first-order valence-corrected chi connectivity index (χ1v) is 9.03. The lowest BCUT2D eigenvalue weighted by Gasteiger charge is -2.41. The molecule has 1 aliphatic heterocycles. The van der Waals surface area contributed by atoms with Gasteiger partial charge < -0.3 is 15.3 Å². The first kappa shape index (κ1) is 17.7. The van der Waals surface area contributed by atoms with Crippen LogP contribution >= 0.6 is 0 Å². The highest BCUT2D eigenvalue weighted by Gasteiger charge is 2.34. The van der Waals surface area contributed by atoms with Crippen molar-refractivity contribution in [1.82, 2.24) is 10.2 Å². The number of hydrogen-bond donors (Lipinski definition) is 2. The molecule has 4 heteroatoms. The molecule has 1 aliphatic carbocycles. The van der Waals surface area contributed by atoms with E-state index in [0.717, 1.165) is 38.4 Å². The lowest BCUT2D eigenvalue weighted by Crippen LogP contribution is -2.54. The van der Waals surface area contributed by atoms with Gasteiger partial charge in [0.05, 0.1) is 0 Å². The van der Waals surface area contributed by atoms with Crippen LogP contribution in [0.5, 0.6) is 0 Å². The van der Waals surface area contributed by atoms with Gasteiger partial charge in [-0.2, -0.15) is 0 Å². The van der Waals surface area contributed by atoms with E-state index < -0.39 is 0 Å². The SMILES string of the molecule is CC(C)(C)C(=O)N1CC(CCO)CC(NCC2CCCC2)C1. The van der Waals surface area contributed by atoms with E-state index >= 15 is 0 Å². The van der Waals surface area contributed by atoms with Gasteiger partial charge in [-0.25, -0.2) is 0 Å². The number of nitrogens with one attached hydrogen (secondary N) is 1. The molecule has 2 atom stereocenters. The highest BCUT2D eigenvalue weighted by atomic mass is 16.3. The van der Waals surface area contributed by atoms with Gasteiger partial charge in [-0.05, 0) is 44.1 Å². The maximum Gasteiger partial charge on any atom is 0.228 e. The van der Waals surface area contributed by atoms with Crippen molar-refractivity contribution in [3.05, 3.63) is 0 Å². The van der Waals surface area contributed by atoms with E-state index in [9.17, 15) is 9.90 Å². The van der Waals surface area contributed by atoms with Gasteiger partial charge in [-0.15, -0.1) is 0 Å². The lowest BCUT2D eigenvalue weighted by molar-refractivity contribution is -0.142. The maximum atomic E-state index is 12.6. The molecule has 0 spiro atoms. The van der Waals surface area contributed by atoms with Crippen LogP contribution in [0.1, 0.15) is 59.3 Å². The monoisotopic (exact) mass is 310 g/mol. The fourth-order valence-electron chi connectivity index (χ4n) is 3.93. The fraction of sp³-hybridized carbons (Fsp3) is 0.944. The second kappa shape index (κ2) is 7.78. The first-order valence-electron chi connectivity index (χ1n) is 9.03. The van der Waals surface area contributed by atoms with Gasteiger partial charge in [0.2, 0.25) is 5.91 Å². The minimum Gasteiger partial charge on any atom is -0.396 e. The Bertz CT molecular complexity index is 359. The molecule has 2 fully saturated rings. The fourth-order valence-corrected chi connectivity index (χ4v) is 3.93. The van der Waals surface area contributed by atoms with Gasteiger partial charge >= 0.3 is 0 Å². The average molecular weight is 310 g/mol. The summed E-state index contributed by atoms with van der Waals surface area (Å²) in [5, 5.41) is 13.0. The topological polar surface area (TPSA) is 52.6 Å². The van der Waals surface area contributed by atoms with Gasteiger partial charge in [0.1, 0.15) is 0 Å². The second-order valence-electron chi connectivity index (χ2n) is 8.33. The molecule has 0 radical (unpaired) electrons. The minimum absolute atomic E-state index is 0.220. The third-order valence-corrected chi connectivity index (χ3v) is 5.17. The number of hydrogen-bond acceptors (Lipinski definition) is 3. The standard InChI is InChI=1S/C18H34N2O2/c1-18(2,3)17(22)20-12-15(8-9-21)10-16(13-20)19-11-14-6-4-5-7-14/h14-16,19,21H,4-13H2,1-3H3. The molecule has 0 aromatic rings. The number of carbonyl (C=O) groups excluding carboxylic acids is 1. The van der Waals surface area contributed by atoms with Crippen molar-refractivity contribution < 1.29 is 9.90 Å². The van der Waals surface area contributed by atoms with Crippen molar-refractivity contribution in [2.75, 3.05) is 26.2 Å². The van der Waals surface area contributed by atoms with Crippen LogP contribution in [0.2, 0.25) is 0 Å². The van der Waals surface area contributed by atoms with E-state index in [1.165, 1.54) is 25.7 Å². The molecule has 2 rings (SSSR count). The van der Waals surface area contributed by atoms with Crippen molar-refractivity contribution in [3.8, 4) is 0 Å². The molecule has 0 aromatic carbocycles. The Morgan fingerprint density at radius 2 is 1.86 bits per heavy atom. The number of rotatable bonds is 5. The summed E-state index contributed by atoms with van der Waals surface area (Å²) in [5.41, 5.74) is -0.322. The molecule has 0 bridgehead atoms. The van der Waals surface area contributed by atoms with Crippen LogP contribution in [0.4, 0.5) is 0 Å². The van der Waals surface area contributed by atoms with Crippen molar-refractivity contribution in [1.29, 1.82) is 0 Å². The zero-order valence-electron chi connectivity index (χ0n) is 14.6. The molecule has 2 aliphatic rings. The van der Waals surface area contributed by atoms with Crippen LogP contribution in [0.25, 0.3) is 0 Å². The number of aliphatic hydroxyl groups excluding tert-OH is 1. The summed E-state index contributed by atoms with van der Waals surface area (Å²) in [4.78, 5) is 14.6. The molecule has 1 saturated heterocycles. The van der Waals surface area contributed by atoms with Gasteiger partial charge in [-0.1, -0.05) is 33.6 Å². The average Bonchev–Trinajstić information content (AvgIpc) is 2.97. The van der Waals surface area contributed by atoms with Crippen LogP contribution in [-0.2, 0) is 4.79 Å². The Labute approximate surface area is 135 Å². The van der Waals surface area contributed by atoms with E-state index in [2.05, 4.69) is 5.32 Å².